The summed E-state index contributed by atoms with van der Waals surface area (Å²) in [7, 11) is -3.53. The predicted octanol–water partition coefficient (Wildman–Crippen LogP) is 6.05. The summed E-state index contributed by atoms with van der Waals surface area (Å²) in [5.74, 6) is 0.216. The first-order valence-electron chi connectivity index (χ1n) is 10.6. The van der Waals surface area contributed by atoms with E-state index in [1.165, 1.54) is 11.3 Å². The Morgan fingerprint density at radius 1 is 1.16 bits per heavy atom. The average molecular weight is 474 g/mol. The van der Waals surface area contributed by atoms with Gasteiger partial charge in [-0.3, -0.25) is 14.2 Å². The summed E-state index contributed by atoms with van der Waals surface area (Å²) in [6, 6.07) is 15.6. The van der Waals surface area contributed by atoms with E-state index in [0.717, 1.165) is 21.9 Å². The number of rotatable bonds is 11. The zero-order valence-corrected chi connectivity index (χ0v) is 20.2. The molecule has 0 saturated carbocycles. The Morgan fingerprint density at radius 2 is 1.91 bits per heavy atom. The van der Waals surface area contributed by atoms with Crippen molar-refractivity contribution in [3.63, 3.8) is 0 Å². The summed E-state index contributed by atoms with van der Waals surface area (Å²) >= 11 is 1.41. The van der Waals surface area contributed by atoms with Crippen molar-refractivity contribution in [2.45, 2.75) is 39.4 Å². The first-order valence-corrected chi connectivity index (χ1v) is 13.2. The molecule has 0 radical (unpaired) electrons. The minimum absolute atomic E-state index is 0.0814. The van der Waals surface area contributed by atoms with Gasteiger partial charge in [-0.05, 0) is 53.6 Å². The number of benzene rings is 2. The molecule has 8 heteroatoms. The third kappa shape index (κ3) is 6.52. The van der Waals surface area contributed by atoms with Crippen molar-refractivity contribution in [1.29, 1.82) is 0 Å². The van der Waals surface area contributed by atoms with E-state index < -0.39 is 19.5 Å². The number of carbonyl (C=O) groups excluding carboxylic acids is 2. The zero-order valence-electron chi connectivity index (χ0n) is 18.4. The Balaban J connectivity index is 1.87. The molecular weight excluding hydrogens is 445 g/mol. The van der Waals surface area contributed by atoms with Crippen LogP contribution in [-0.4, -0.2) is 24.9 Å². The average Bonchev–Trinajstić information content (AvgIpc) is 3.19. The molecule has 0 fully saturated rings. The molecule has 0 amide bonds. The lowest BCUT2D eigenvalue weighted by atomic mass is 10.2. The maximum absolute atomic E-state index is 14.0. The molecule has 0 saturated heterocycles. The number of fused-ring (bicyclic) bond motifs is 1. The van der Waals surface area contributed by atoms with Gasteiger partial charge in [0.1, 0.15) is 11.8 Å². The molecule has 3 rings (SSSR count). The van der Waals surface area contributed by atoms with Gasteiger partial charge in [0.05, 0.1) is 17.6 Å². The number of carbonyl (C=O) groups is 2. The third-order valence-electron chi connectivity index (χ3n) is 4.71. The number of para-hydroxylation sites is 1. The molecule has 1 aromatic heterocycles. The van der Waals surface area contributed by atoms with E-state index in [2.05, 4.69) is 5.09 Å². The Bertz CT molecular complexity index is 1110. The van der Waals surface area contributed by atoms with Gasteiger partial charge in [0.25, 0.3) is 0 Å². The van der Waals surface area contributed by atoms with Crippen LogP contribution in [0.3, 0.4) is 0 Å². The van der Waals surface area contributed by atoms with Gasteiger partial charge >= 0.3 is 13.5 Å². The Morgan fingerprint density at radius 3 is 2.56 bits per heavy atom. The quantitative estimate of drug-likeness (QED) is 0.207. The maximum Gasteiger partial charge on any atom is 0.323 e. The summed E-state index contributed by atoms with van der Waals surface area (Å²) < 4.78 is 26.2. The van der Waals surface area contributed by atoms with Crippen molar-refractivity contribution >= 4 is 41.2 Å². The molecule has 0 aliphatic heterocycles. The van der Waals surface area contributed by atoms with Crippen molar-refractivity contribution in [2.75, 3.05) is 6.61 Å². The fourth-order valence-corrected chi connectivity index (χ4v) is 6.13. The lowest BCUT2D eigenvalue weighted by Gasteiger charge is -2.25. The smallest absolute Gasteiger partial charge is 0.323 e. The molecule has 1 heterocycles. The van der Waals surface area contributed by atoms with Crippen molar-refractivity contribution in [2.24, 2.45) is 5.92 Å². The molecule has 3 aromatic rings. The van der Waals surface area contributed by atoms with Gasteiger partial charge in [-0.2, -0.15) is 0 Å². The zero-order chi connectivity index (χ0) is 23.1. The van der Waals surface area contributed by atoms with Crippen LogP contribution in [0.25, 0.3) is 10.1 Å². The SMILES string of the molecule is CC[C@H](NP(=O)(Cc1ccc2sc(C=O)cc2c1)Oc1ccccc1)C(=O)OCC(C)C. The highest BCUT2D eigenvalue weighted by molar-refractivity contribution is 7.56. The molecule has 0 aliphatic carbocycles. The van der Waals surface area contributed by atoms with E-state index in [0.29, 0.717) is 23.7 Å². The molecule has 2 atom stereocenters. The number of hydrogen-bond acceptors (Lipinski definition) is 6. The van der Waals surface area contributed by atoms with Gasteiger partial charge in [0.2, 0.25) is 0 Å². The maximum atomic E-state index is 14.0. The van der Waals surface area contributed by atoms with Crippen LogP contribution in [0.15, 0.2) is 54.6 Å². The highest BCUT2D eigenvalue weighted by atomic mass is 32.1. The topological polar surface area (TPSA) is 81.7 Å². The van der Waals surface area contributed by atoms with Crippen molar-refractivity contribution < 1.29 is 23.4 Å². The van der Waals surface area contributed by atoms with Crippen LogP contribution < -0.4 is 9.61 Å². The van der Waals surface area contributed by atoms with Crippen LogP contribution in [0.5, 0.6) is 5.75 Å². The summed E-state index contributed by atoms with van der Waals surface area (Å²) in [5.41, 5.74) is 0.782. The molecule has 0 bridgehead atoms. The molecule has 32 heavy (non-hydrogen) atoms. The number of esters is 1. The Labute approximate surface area is 192 Å². The second-order valence-electron chi connectivity index (χ2n) is 7.99. The lowest BCUT2D eigenvalue weighted by molar-refractivity contribution is -0.146. The Hall–Kier alpha value is -2.47. The largest absolute Gasteiger partial charge is 0.464 e. The number of hydrogen-bond donors (Lipinski definition) is 1. The lowest BCUT2D eigenvalue weighted by Crippen LogP contribution is -2.37. The number of aldehydes is 1. The third-order valence-corrected chi connectivity index (χ3v) is 7.74. The van der Waals surface area contributed by atoms with Crippen LogP contribution in [0.1, 0.15) is 42.4 Å². The monoisotopic (exact) mass is 473 g/mol. The van der Waals surface area contributed by atoms with Crippen molar-refractivity contribution in [3.8, 4) is 5.75 Å². The normalized spacial score (nSPS) is 14.1. The van der Waals surface area contributed by atoms with Crippen LogP contribution in [0.2, 0.25) is 0 Å². The van der Waals surface area contributed by atoms with Crippen LogP contribution in [-0.2, 0) is 20.3 Å². The van der Waals surface area contributed by atoms with E-state index in [1.807, 2.05) is 51.1 Å². The van der Waals surface area contributed by atoms with Crippen molar-refractivity contribution in [3.05, 3.63) is 65.0 Å². The van der Waals surface area contributed by atoms with E-state index in [1.54, 1.807) is 24.3 Å². The molecule has 6 nitrogen and oxygen atoms in total. The molecule has 0 spiro atoms. The molecule has 0 aliphatic rings. The predicted molar refractivity (Wildman–Crippen MR) is 129 cm³/mol. The molecular formula is C24H28NO5PS. The van der Waals surface area contributed by atoms with Crippen LogP contribution in [0.4, 0.5) is 0 Å². The highest BCUT2D eigenvalue weighted by Gasteiger charge is 2.32. The van der Waals surface area contributed by atoms with Gasteiger partial charge < -0.3 is 9.26 Å². The van der Waals surface area contributed by atoms with E-state index in [4.69, 9.17) is 9.26 Å². The second kappa shape index (κ2) is 10.9. The number of thiophene rings is 1. The molecule has 1 N–H and O–H groups in total. The van der Waals surface area contributed by atoms with Gasteiger partial charge in [-0.25, -0.2) is 5.09 Å². The molecule has 170 valence electrons. The van der Waals surface area contributed by atoms with Crippen LogP contribution in [0, 0.1) is 5.92 Å². The summed E-state index contributed by atoms with van der Waals surface area (Å²) in [6.45, 7) is 6.05. The number of ether oxygens (including phenoxy) is 1. The second-order valence-corrected chi connectivity index (χ2v) is 11.2. The Kier molecular flexibility index (Phi) is 8.24. The van der Waals surface area contributed by atoms with Gasteiger partial charge in [-0.1, -0.05) is 45.0 Å². The fourth-order valence-electron chi connectivity index (χ4n) is 3.16. The summed E-state index contributed by atoms with van der Waals surface area (Å²) in [6.07, 6.45) is 1.31. The number of nitrogens with one attached hydrogen (secondary N) is 1. The summed E-state index contributed by atoms with van der Waals surface area (Å²) in [5, 5.41) is 3.88. The first-order chi connectivity index (χ1) is 15.3. The molecule has 1 unspecified atom stereocenters. The minimum atomic E-state index is -3.53. The van der Waals surface area contributed by atoms with E-state index >= 15 is 0 Å². The van der Waals surface area contributed by atoms with Gasteiger partial charge in [-0.15, -0.1) is 11.3 Å². The summed E-state index contributed by atoms with van der Waals surface area (Å²) in [4.78, 5) is 24.3. The fraction of sp³-hybridized carbons (Fsp3) is 0.333. The van der Waals surface area contributed by atoms with Gasteiger partial charge in [0.15, 0.2) is 6.29 Å². The first kappa shape index (κ1) is 24.2. The van der Waals surface area contributed by atoms with E-state index in [-0.39, 0.29) is 12.1 Å². The van der Waals surface area contributed by atoms with E-state index in [9.17, 15) is 14.2 Å². The standard InChI is InChI=1S/C24H28NO5PS/c1-4-22(24(27)29-15-17(2)3)25-31(28,30-20-8-6-5-7-9-20)16-18-10-11-23-19(12-18)13-21(14-26)32-23/h5-14,17,22H,4,15-16H2,1-3H3,(H,25,28)/t22-,31?/m0/s1. The van der Waals surface area contributed by atoms with Crippen LogP contribution >= 0.6 is 18.9 Å². The van der Waals surface area contributed by atoms with Gasteiger partial charge in [0, 0.05) is 4.70 Å². The highest BCUT2D eigenvalue weighted by Crippen LogP contribution is 2.47. The minimum Gasteiger partial charge on any atom is -0.464 e. The molecule has 2 aromatic carbocycles. The van der Waals surface area contributed by atoms with Crippen molar-refractivity contribution in [1.82, 2.24) is 5.09 Å².